The Morgan fingerprint density at radius 2 is 1.78 bits per heavy atom. The van der Waals surface area contributed by atoms with E-state index in [9.17, 15) is 8.42 Å². The molecule has 0 saturated heterocycles. The Labute approximate surface area is 115 Å². The topological polar surface area (TPSA) is 66.8 Å². The van der Waals surface area contributed by atoms with Gasteiger partial charge in [0.2, 0.25) is 0 Å². The Hall–Kier alpha value is -0.950. The van der Waals surface area contributed by atoms with E-state index in [2.05, 4.69) is 6.58 Å². The highest BCUT2D eigenvalue weighted by Crippen LogP contribution is 2.36. The van der Waals surface area contributed by atoms with E-state index in [0.717, 1.165) is 12.1 Å². The minimum absolute atomic E-state index is 0.0434. The van der Waals surface area contributed by atoms with Crippen LogP contribution >= 0.6 is 23.2 Å². The minimum atomic E-state index is -4.37. The Morgan fingerprint density at radius 3 is 2.11 bits per heavy atom. The number of rotatable bonds is 4. The van der Waals surface area contributed by atoms with Gasteiger partial charge in [-0.3, -0.25) is 4.55 Å². The smallest absolute Gasteiger partial charge is 0.294 e. The van der Waals surface area contributed by atoms with E-state index >= 15 is 0 Å². The summed E-state index contributed by atoms with van der Waals surface area (Å²) in [6.07, 6.45) is 0. The predicted molar refractivity (Wildman–Crippen MR) is 69.7 cm³/mol. The van der Waals surface area contributed by atoms with Crippen molar-refractivity contribution in [2.24, 2.45) is 0 Å². The van der Waals surface area contributed by atoms with Gasteiger partial charge < -0.3 is 9.64 Å². The van der Waals surface area contributed by atoms with Gasteiger partial charge in [0.05, 0.1) is 14.9 Å². The normalized spacial score (nSPS) is 11.2. The lowest BCUT2D eigenvalue weighted by Crippen LogP contribution is -2.15. The third kappa shape index (κ3) is 3.52. The largest absolute Gasteiger partial charge is 0.439 e. The number of benzene rings is 1. The molecule has 1 N–H and O–H groups in total. The first-order valence-electron chi connectivity index (χ1n) is 4.63. The molecule has 0 atom stereocenters. The van der Waals surface area contributed by atoms with Gasteiger partial charge in [-0.25, -0.2) is 0 Å². The molecule has 0 aromatic heterocycles. The van der Waals surface area contributed by atoms with Crippen LogP contribution in [0, 0.1) is 0 Å². The van der Waals surface area contributed by atoms with Crippen molar-refractivity contribution in [3.63, 3.8) is 0 Å². The molecule has 0 aliphatic carbocycles. The first-order valence-corrected chi connectivity index (χ1v) is 6.83. The number of ether oxygens (including phenoxy) is 1. The first kappa shape index (κ1) is 15.1. The van der Waals surface area contributed by atoms with Gasteiger partial charge in [-0.1, -0.05) is 23.2 Å². The van der Waals surface area contributed by atoms with Gasteiger partial charge in [0.25, 0.3) is 10.1 Å². The van der Waals surface area contributed by atoms with Crippen LogP contribution in [0.3, 0.4) is 0 Å². The van der Waals surface area contributed by atoms with Crippen LogP contribution in [0.15, 0.2) is 29.5 Å². The molecule has 5 nitrogen and oxygen atoms in total. The number of halogens is 2. The quantitative estimate of drug-likeness (QED) is 0.684. The summed E-state index contributed by atoms with van der Waals surface area (Å²) in [6.45, 7) is 3.62. The van der Waals surface area contributed by atoms with Crippen molar-refractivity contribution < 1.29 is 17.7 Å². The third-order valence-electron chi connectivity index (χ3n) is 1.99. The fourth-order valence-electron chi connectivity index (χ4n) is 0.992. The van der Waals surface area contributed by atoms with Crippen LogP contribution < -0.4 is 4.74 Å². The SMILES string of the molecule is C=C(Oc1c(Cl)cc(S(=O)(=O)O)cc1Cl)N(C)C. The molecule has 0 bridgehead atoms. The van der Waals surface area contributed by atoms with Crippen LogP contribution in [-0.4, -0.2) is 32.0 Å². The van der Waals surface area contributed by atoms with Gasteiger partial charge in [-0.15, -0.1) is 0 Å². The molecule has 0 fully saturated rings. The second kappa shape index (κ2) is 5.36. The minimum Gasteiger partial charge on any atom is -0.439 e. The van der Waals surface area contributed by atoms with E-state index < -0.39 is 15.0 Å². The molecule has 1 aromatic rings. The molecule has 100 valence electrons. The molecule has 0 heterocycles. The maximum atomic E-state index is 11.0. The lowest BCUT2D eigenvalue weighted by atomic mass is 10.3. The van der Waals surface area contributed by atoms with Crippen molar-refractivity contribution >= 4 is 33.3 Å². The molecule has 8 heteroatoms. The Bertz CT molecular complexity index is 561. The first-order chi connectivity index (χ1) is 8.12. The van der Waals surface area contributed by atoms with Gasteiger partial charge in [0, 0.05) is 14.1 Å². The molecule has 0 aliphatic rings. The number of nitrogens with zero attached hydrogens (tertiary/aromatic N) is 1. The van der Waals surface area contributed by atoms with Gasteiger partial charge >= 0.3 is 0 Å². The highest BCUT2D eigenvalue weighted by Gasteiger charge is 2.17. The summed E-state index contributed by atoms with van der Waals surface area (Å²) in [4.78, 5) is 1.18. The number of hydrogen-bond donors (Lipinski definition) is 1. The zero-order valence-electron chi connectivity index (χ0n) is 9.65. The molecular weight excluding hydrogens is 301 g/mol. The molecule has 1 rings (SSSR count). The highest BCUT2D eigenvalue weighted by molar-refractivity contribution is 7.85. The molecule has 18 heavy (non-hydrogen) atoms. The van der Waals surface area contributed by atoms with Crippen LogP contribution in [0.2, 0.25) is 10.0 Å². The average molecular weight is 312 g/mol. The molecule has 0 saturated carbocycles. The summed E-state index contributed by atoms with van der Waals surface area (Å²) in [5.41, 5.74) is 0. The van der Waals surface area contributed by atoms with E-state index in [1.54, 1.807) is 19.0 Å². The highest BCUT2D eigenvalue weighted by atomic mass is 35.5. The van der Waals surface area contributed by atoms with E-state index in [0.29, 0.717) is 0 Å². The standard InChI is InChI=1S/C10H11Cl2NO4S/c1-6(13(2)3)17-10-8(11)4-7(5-9(10)12)18(14,15)16/h4-5H,1H2,2-3H3,(H,14,15,16). The van der Waals surface area contributed by atoms with Crippen molar-refractivity contribution in [1.29, 1.82) is 0 Å². The van der Waals surface area contributed by atoms with Crippen LogP contribution in [0.4, 0.5) is 0 Å². The van der Waals surface area contributed by atoms with Gasteiger partial charge in [0.1, 0.15) is 0 Å². The summed E-state index contributed by atoms with van der Waals surface area (Å²) in [7, 11) is -0.957. The predicted octanol–water partition coefficient (Wildman–Crippen LogP) is 2.65. The molecule has 0 aliphatic heterocycles. The molecule has 0 radical (unpaired) electrons. The zero-order chi connectivity index (χ0) is 14.1. The summed E-state index contributed by atoms with van der Waals surface area (Å²) in [6, 6.07) is 2.09. The van der Waals surface area contributed by atoms with Gasteiger partial charge in [-0.05, 0) is 18.7 Å². The molecule has 0 amide bonds. The maximum absolute atomic E-state index is 11.0. The monoisotopic (exact) mass is 311 g/mol. The molecular formula is C10H11Cl2NO4S. The zero-order valence-corrected chi connectivity index (χ0v) is 12.0. The van der Waals surface area contributed by atoms with Crippen LogP contribution in [0.5, 0.6) is 5.75 Å². The average Bonchev–Trinajstić information content (AvgIpc) is 2.21. The Kier molecular flexibility index (Phi) is 4.50. The van der Waals surface area contributed by atoms with E-state index in [4.69, 9.17) is 32.5 Å². The summed E-state index contributed by atoms with van der Waals surface area (Å²) in [5, 5.41) is -0.0868. The fraction of sp³-hybridized carbons (Fsp3) is 0.200. The van der Waals surface area contributed by atoms with Crippen molar-refractivity contribution in [2.75, 3.05) is 14.1 Å². The fourth-order valence-corrected chi connectivity index (χ4v) is 2.22. The lowest BCUT2D eigenvalue weighted by Gasteiger charge is -2.18. The second-order valence-corrected chi connectivity index (χ2v) is 5.82. The summed E-state index contributed by atoms with van der Waals surface area (Å²) < 4.78 is 36.1. The van der Waals surface area contributed by atoms with Gasteiger partial charge in [-0.2, -0.15) is 8.42 Å². The Morgan fingerprint density at radius 1 is 1.33 bits per heavy atom. The van der Waals surface area contributed by atoms with Crippen LogP contribution in [-0.2, 0) is 10.1 Å². The van der Waals surface area contributed by atoms with Gasteiger partial charge in [0.15, 0.2) is 11.6 Å². The second-order valence-electron chi connectivity index (χ2n) is 3.58. The lowest BCUT2D eigenvalue weighted by molar-refractivity contribution is 0.284. The third-order valence-corrected chi connectivity index (χ3v) is 3.38. The molecule has 0 spiro atoms. The summed E-state index contributed by atoms with van der Waals surface area (Å²) in [5.74, 6) is 0.350. The van der Waals surface area contributed by atoms with E-state index in [1.165, 1.54) is 0 Å². The Balaban J connectivity index is 3.22. The van der Waals surface area contributed by atoms with Crippen molar-refractivity contribution in [2.45, 2.75) is 4.90 Å². The van der Waals surface area contributed by atoms with Crippen molar-refractivity contribution in [3.8, 4) is 5.75 Å². The van der Waals surface area contributed by atoms with E-state index in [-0.39, 0.29) is 21.7 Å². The molecule has 1 aromatic carbocycles. The summed E-state index contributed by atoms with van der Waals surface area (Å²) >= 11 is 11.7. The van der Waals surface area contributed by atoms with Crippen LogP contribution in [0.1, 0.15) is 0 Å². The maximum Gasteiger partial charge on any atom is 0.294 e. The van der Waals surface area contributed by atoms with Crippen molar-refractivity contribution in [3.05, 3.63) is 34.6 Å². The van der Waals surface area contributed by atoms with Crippen molar-refractivity contribution in [1.82, 2.24) is 4.90 Å². The van der Waals surface area contributed by atoms with E-state index in [1.807, 2.05) is 0 Å². The van der Waals surface area contributed by atoms with Crippen LogP contribution in [0.25, 0.3) is 0 Å². The number of hydrogen-bond acceptors (Lipinski definition) is 4. The molecule has 0 unspecified atom stereocenters.